The van der Waals surface area contributed by atoms with E-state index in [0.29, 0.717) is 17.9 Å². The number of nitrogens with one attached hydrogen (secondary N) is 1. The second-order valence-corrected chi connectivity index (χ2v) is 5.96. The summed E-state index contributed by atoms with van der Waals surface area (Å²) in [5, 5.41) is 5.13. The molecule has 1 saturated heterocycles. The lowest BCUT2D eigenvalue weighted by Gasteiger charge is -2.34. The predicted octanol–water partition coefficient (Wildman–Crippen LogP) is 2.72. The van der Waals surface area contributed by atoms with Gasteiger partial charge in [0.1, 0.15) is 0 Å². The average Bonchev–Trinajstić information content (AvgIpc) is 2.46. The lowest BCUT2D eigenvalue weighted by molar-refractivity contribution is 0.0273. The molecular formula is C17H20N2O2. The highest BCUT2D eigenvalue weighted by atomic mass is 16.5. The molecule has 21 heavy (non-hydrogen) atoms. The van der Waals surface area contributed by atoms with Gasteiger partial charge in [0.05, 0.1) is 17.7 Å². The largest absolute Gasteiger partial charge is 0.398 e. The Hall–Kier alpha value is -2.07. The average molecular weight is 284 g/mol. The fourth-order valence-electron chi connectivity index (χ4n) is 2.83. The van der Waals surface area contributed by atoms with Gasteiger partial charge >= 0.3 is 0 Å². The zero-order valence-electron chi connectivity index (χ0n) is 12.2. The van der Waals surface area contributed by atoms with Crippen LogP contribution >= 0.6 is 0 Å². The Morgan fingerprint density at radius 3 is 2.67 bits per heavy atom. The molecule has 1 aliphatic rings. The van der Waals surface area contributed by atoms with Gasteiger partial charge in [-0.25, -0.2) is 0 Å². The number of carbonyl (C=O) groups is 1. The Kier molecular flexibility index (Phi) is 3.55. The quantitative estimate of drug-likeness (QED) is 0.833. The first-order chi connectivity index (χ1) is 10.1. The lowest BCUT2D eigenvalue weighted by Crippen LogP contribution is -2.51. The number of hydrogen-bond donors (Lipinski definition) is 2. The van der Waals surface area contributed by atoms with E-state index in [0.717, 1.165) is 30.2 Å². The Labute approximate surface area is 124 Å². The van der Waals surface area contributed by atoms with Gasteiger partial charge in [-0.15, -0.1) is 0 Å². The molecule has 1 heterocycles. The molecule has 0 spiro atoms. The minimum Gasteiger partial charge on any atom is -0.398 e. The zero-order chi connectivity index (χ0) is 14.9. The van der Waals surface area contributed by atoms with E-state index in [9.17, 15) is 4.79 Å². The van der Waals surface area contributed by atoms with Crippen LogP contribution in [0.4, 0.5) is 5.69 Å². The number of fused-ring (bicyclic) bond motifs is 1. The summed E-state index contributed by atoms with van der Waals surface area (Å²) >= 11 is 0. The van der Waals surface area contributed by atoms with Crippen LogP contribution in [0.15, 0.2) is 36.4 Å². The van der Waals surface area contributed by atoms with E-state index in [1.165, 1.54) is 0 Å². The van der Waals surface area contributed by atoms with E-state index in [2.05, 4.69) is 5.32 Å². The maximum Gasteiger partial charge on any atom is 0.253 e. The van der Waals surface area contributed by atoms with Crippen molar-refractivity contribution in [3.05, 3.63) is 42.0 Å². The number of benzene rings is 2. The van der Waals surface area contributed by atoms with Crippen LogP contribution in [0.3, 0.4) is 0 Å². The number of nitrogens with two attached hydrogens (primary N) is 1. The number of hydrogen-bond acceptors (Lipinski definition) is 3. The van der Waals surface area contributed by atoms with E-state index in [4.69, 9.17) is 10.5 Å². The predicted molar refractivity (Wildman–Crippen MR) is 84.3 cm³/mol. The highest BCUT2D eigenvalue weighted by molar-refractivity contribution is 6.04. The smallest absolute Gasteiger partial charge is 0.253 e. The van der Waals surface area contributed by atoms with E-state index >= 15 is 0 Å². The van der Waals surface area contributed by atoms with Crippen LogP contribution in [0.1, 0.15) is 30.1 Å². The van der Waals surface area contributed by atoms with Crippen LogP contribution in [0.5, 0.6) is 0 Å². The van der Waals surface area contributed by atoms with Crippen molar-refractivity contribution in [1.82, 2.24) is 5.32 Å². The van der Waals surface area contributed by atoms with Crippen molar-refractivity contribution in [3.63, 3.8) is 0 Å². The van der Waals surface area contributed by atoms with E-state index in [1.807, 2.05) is 43.3 Å². The first-order valence-electron chi connectivity index (χ1n) is 7.26. The Balaban J connectivity index is 1.88. The maximum atomic E-state index is 12.5. The van der Waals surface area contributed by atoms with Gasteiger partial charge in [-0.1, -0.05) is 24.3 Å². The second kappa shape index (κ2) is 5.37. The molecule has 0 aromatic heterocycles. The molecule has 1 amide bonds. The van der Waals surface area contributed by atoms with Gasteiger partial charge in [-0.2, -0.15) is 0 Å². The number of amides is 1. The van der Waals surface area contributed by atoms with Crippen molar-refractivity contribution in [2.24, 2.45) is 0 Å². The number of ether oxygens (including phenoxy) is 1. The van der Waals surface area contributed by atoms with Crippen molar-refractivity contribution in [2.75, 3.05) is 18.9 Å². The highest BCUT2D eigenvalue weighted by Crippen LogP contribution is 2.24. The third kappa shape index (κ3) is 2.85. The van der Waals surface area contributed by atoms with E-state index < -0.39 is 0 Å². The summed E-state index contributed by atoms with van der Waals surface area (Å²) in [6.45, 7) is 3.33. The summed E-state index contributed by atoms with van der Waals surface area (Å²) in [5.41, 5.74) is 6.77. The van der Waals surface area contributed by atoms with Gasteiger partial charge in [-0.05, 0) is 42.7 Å². The molecule has 0 aliphatic carbocycles. The van der Waals surface area contributed by atoms with Crippen LogP contribution in [0.25, 0.3) is 10.8 Å². The standard InChI is InChI=1S/C17H20N2O2/c1-17(7-4-8-21-11-17)19-16(20)14-9-12-5-2-3-6-13(12)10-15(14)18/h2-3,5-6,9-10H,4,7-8,11,18H2,1H3,(H,19,20). The molecule has 1 atom stereocenters. The number of anilines is 1. The summed E-state index contributed by atoms with van der Waals surface area (Å²) in [7, 11) is 0. The van der Waals surface area contributed by atoms with Crippen LogP contribution < -0.4 is 11.1 Å². The third-order valence-corrected chi connectivity index (χ3v) is 4.02. The SMILES string of the molecule is CC1(NC(=O)c2cc3ccccc3cc2N)CCCOC1. The minimum absolute atomic E-state index is 0.133. The molecule has 1 unspecified atom stereocenters. The first-order valence-corrected chi connectivity index (χ1v) is 7.26. The van der Waals surface area contributed by atoms with Crippen molar-refractivity contribution in [2.45, 2.75) is 25.3 Å². The molecule has 110 valence electrons. The monoisotopic (exact) mass is 284 g/mol. The summed E-state index contributed by atoms with van der Waals surface area (Å²) < 4.78 is 5.48. The Morgan fingerprint density at radius 2 is 2.00 bits per heavy atom. The van der Waals surface area contributed by atoms with Gasteiger partial charge in [0.2, 0.25) is 0 Å². The van der Waals surface area contributed by atoms with Crippen molar-refractivity contribution >= 4 is 22.4 Å². The van der Waals surface area contributed by atoms with Crippen LogP contribution in [0, 0.1) is 0 Å². The first kappa shape index (κ1) is 13.9. The van der Waals surface area contributed by atoms with Gasteiger partial charge in [0.15, 0.2) is 0 Å². The summed E-state index contributed by atoms with van der Waals surface area (Å²) in [4.78, 5) is 12.5. The number of rotatable bonds is 2. The van der Waals surface area contributed by atoms with Gasteiger partial charge in [0, 0.05) is 12.3 Å². The highest BCUT2D eigenvalue weighted by Gasteiger charge is 2.30. The Morgan fingerprint density at radius 1 is 1.29 bits per heavy atom. The van der Waals surface area contributed by atoms with Gasteiger partial charge in [-0.3, -0.25) is 4.79 Å². The molecule has 2 aromatic rings. The molecule has 1 aliphatic heterocycles. The molecule has 3 rings (SSSR count). The van der Waals surface area contributed by atoms with Gasteiger partial charge in [0.25, 0.3) is 5.91 Å². The molecular weight excluding hydrogens is 264 g/mol. The lowest BCUT2D eigenvalue weighted by atomic mass is 9.94. The van der Waals surface area contributed by atoms with E-state index in [1.54, 1.807) is 0 Å². The van der Waals surface area contributed by atoms with Crippen LogP contribution in [0.2, 0.25) is 0 Å². The normalized spacial score (nSPS) is 22.1. The second-order valence-electron chi connectivity index (χ2n) is 5.96. The topological polar surface area (TPSA) is 64.4 Å². The minimum atomic E-state index is -0.312. The van der Waals surface area contributed by atoms with Crippen molar-refractivity contribution in [3.8, 4) is 0 Å². The molecule has 1 fully saturated rings. The molecule has 2 aromatic carbocycles. The van der Waals surface area contributed by atoms with Crippen LogP contribution in [-0.4, -0.2) is 24.7 Å². The molecule has 0 saturated carbocycles. The van der Waals surface area contributed by atoms with Gasteiger partial charge < -0.3 is 15.8 Å². The summed E-state index contributed by atoms with van der Waals surface area (Å²) in [6.07, 6.45) is 1.89. The van der Waals surface area contributed by atoms with Crippen molar-refractivity contribution in [1.29, 1.82) is 0 Å². The maximum absolute atomic E-state index is 12.5. The zero-order valence-corrected chi connectivity index (χ0v) is 12.2. The number of carbonyl (C=O) groups excluding carboxylic acids is 1. The molecule has 3 N–H and O–H groups in total. The molecule has 0 radical (unpaired) electrons. The molecule has 4 heteroatoms. The van der Waals surface area contributed by atoms with Crippen LogP contribution in [-0.2, 0) is 4.74 Å². The summed E-state index contributed by atoms with van der Waals surface area (Å²) in [5.74, 6) is -0.133. The fraction of sp³-hybridized carbons (Fsp3) is 0.353. The molecule has 4 nitrogen and oxygen atoms in total. The molecule has 0 bridgehead atoms. The third-order valence-electron chi connectivity index (χ3n) is 4.02. The van der Waals surface area contributed by atoms with E-state index in [-0.39, 0.29) is 11.4 Å². The fourth-order valence-corrected chi connectivity index (χ4v) is 2.83. The summed E-state index contributed by atoms with van der Waals surface area (Å²) in [6, 6.07) is 11.6. The Bertz CT molecular complexity index is 676. The van der Waals surface area contributed by atoms with Crippen molar-refractivity contribution < 1.29 is 9.53 Å². The number of nitrogen functional groups attached to an aromatic ring is 1.